The molecule has 0 saturated carbocycles. The first-order chi connectivity index (χ1) is 18.6. The van der Waals surface area contributed by atoms with Crippen LogP contribution in [0.3, 0.4) is 0 Å². The van der Waals surface area contributed by atoms with Crippen molar-refractivity contribution in [3.63, 3.8) is 0 Å². The Morgan fingerprint density at radius 3 is 2.34 bits per heavy atom. The number of para-hydroxylation sites is 2. The molecular weight excluding hydrogens is 458 g/mol. The molecular formula is C37H29N. The van der Waals surface area contributed by atoms with Crippen LogP contribution in [0.5, 0.6) is 0 Å². The van der Waals surface area contributed by atoms with Crippen LogP contribution in [0.2, 0.25) is 0 Å². The number of hydrogen-bond donors (Lipinski definition) is 0. The van der Waals surface area contributed by atoms with Gasteiger partial charge in [-0.3, -0.25) is 0 Å². The number of aromatic nitrogens is 1. The second-order valence-electron chi connectivity index (χ2n) is 11.4. The molecule has 2 aliphatic rings. The standard InChI is InChI=1S/C37H29N/c1-37(2)32-16-8-9-18-35(32)38-34-20-19-27(23-31(34)28-15-10-17-33(37)36(28)38)30-22-26-14-7-6-13-25(26)21-29(30)24-11-4-3-5-12-24/h3-11,13-24H,12H2,1-2H3. The molecule has 182 valence electrons. The molecule has 0 fully saturated rings. The maximum Gasteiger partial charge on any atom is 0.0582 e. The molecule has 0 bridgehead atoms. The highest BCUT2D eigenvalue weighted by atomic mass is 15.0. The molecule has 5 aromatic carbocycles. The number of allylic oxidation sites excluding steroid dienone is 4. The summed E-state index contributed by atoms with van der Waals surface area (Å²) in [7, 11) is 0. The smallest absolute Gasteiger partial charge is 0.0582 e. The Morgan fingerprint density at radius 1 is 0.711 bits per heavy atom. The Hall–Kier alpha value is -4.36. The van der Waals surface area contributed by atoms with Crippen LogP contribution in [0.25, 0.3) is 49.4 Å². The van der Waals surface area contributed by atoms with Gasteiger partial charge < -0.3 is 4.57 Å². The summed E-state index contributed by atoms with van der Waals surface area (Å²) < 4.78 is 2.50. The number of nitrogens with zero attached hydrogens (tertiary/aromatic N) is 1. The molecule has 1 aliphatic carbocycles. The van der Waals surface area contributed by atoms with Crippen LogP contribution in [0.4, 0.5) is 0 Å². The summed E-state index contributed by atoms with van der Waals surface area (Å²) in [5.74, 6) is 0.387. The van der Waals surface area contributed by atoms with E-state index in [-0.39, 0.29) is 5.41 Å². The van der Waals surface area contributed by atoms with Gasteiger partial charge in [0.1, 0.15) is 0 Å². The molecule has 2 heterocycles. The first-order valence-corrected chi connectivity index (χ1v) is 13.7. The monoisotopic (exact) mass is 487 g/mol. The predicted octanol–water partition coefficient (Wildman–Crippen LogP) is 9.84. The van der Waals surface area contributed by atoms with Crippen LogP contribution in [0.1, 0.15) is 42.9 Å². The summed E-state index contributed by atoms with van der Waals surface area (Å²) in [6, 6.07) is 36.5. The molecule has 0 radical (unpaired) electrons. The lowest BCUT2D eigenvalue weighted by Gasteiger charge is -2.34. The fourth-order valence-corrected chi connectivity index (χ4v) is 6.96. The SMILES string of the molecule is CC1(C)c2ccccc2-n2c3ccc(-c4cc5ccccc5cc4C4C=CC=CC4)cc3c3cccc1c32. The van der Waals surface area contributed by atoms with Gasteiger partial charge in [-0.05, 0) is 75.3 Å². The van der Waals surface area contributed by atoms with E-state index in [0.29, 0.717) is 5.92 Å². The maximum atomic E-state index is 2.50. The molecule has 0 spiro atoms. The van der Waals surface area contributed by atoms with Crippen LogP contribution < -0.4 is 0 Å². The third-order valence-electron chi connectivity index (χ3n) is 8.89. The summed E-state index contributed by atoms with van der Waals surface area (Å²) in [4.78, 5) is 0. The zero-order valence-electron chi connectivity index (χ0n) is 21.8. The van der Waals surface area contributed by atoms with Gasteiger partial charge in [0.25, 0.3) is 0 Å². The van der Waals surface area contributed by atoms with Crippen molar-refractivity contribution in [2.75, 3.05) is 0 Å². The highest BCUT2D eigenvalue weighted by Crippen LogP contribution is 2.48. The zero-order valence-corrected chi connectivity index (χ0v) is 21.8. The van der Waals surface area contributed by atoms with Gasteiger partial charge in [0.2, 0.25) is 0 Å². The Morgan fingerprint density at radius 2 is 1.50 bits per heavy atom. The average molecular weight is 488 g/mol. The highest BCUT2D eigenvalue weighted by Gasteiger charge is 2.34. The van der Waals surface area contributed by atoms with Crippen LogP contribution in [-0.2, 0) is 5.41 Å². The van der Waals surface area contributed by atoms with Gasteiger partial charge in [-0.15, -0.1) is 0 Å². The minimum absolute atomic E-state index is 0.0460. The van der Waals surface area contributed by atoms with Gasteiger partial charge in [0.05, 0.1) is 16.7 Å². The quantitative estimate of drug-likeness (QED) is 0.229. The molecule has 1 atom stereocenters. The Kier molecular flexibility index (Phi) is 4.47. The summed E-state index contributed by atoms with van der Waals surface area (Å²) in [6.07, 6.45) is 10.0. The molecule has 1 aliphatic heterocycles. The topological polar surface area (TPSA) is 4.93 Å². The Balaban J connectivity index is 1.43. The van der Waals surface area contributed by atoms with Crippen molar-refractivity contribution in [2.24, 2.45) is 0 Å². The molecule has 6 aromatic rings. The van der Waals surface area contributed by atoms with E-state index in [2.05, 4.69) is 140 Å². The third-order valence-corrected chi connectivity index (χ3v) is 8.89. The van der Waals surface area contributed by atoms with Crippen molar-refractivity contribution in [2.45, 2.75) is 31.6 Å². The van der Waals surface area contributed by atoms with Crippen molar-refractivity contribution in [3.8, 4) is 16.8 Å². The van der Waals surface area contributed by atoms with E-state index in [1.807, 2.05) is 0 Å². The molecule has 1 nitrogen and oxygen atoms in total. The molecule has 1 aromatic heterocycles. The second-order valence-corrected chi connectivity index (χ2v) is 11.4. The Bertz CT molecular complexity index is 1980. The average Bonchev–Trinajstić information content (AvgIpc) is 3.30. The van der Waals surface area contributed by atoms with E-state index in [1.54, 1.807) is 0 Å². The normalized spacial score (nSPS) is 17.4. The predicted molar refractivity (Wildman–Crippen MR) is 161 cm³/mol. The van der Waals surface area contributed by atoms with Crippen LogP contribution in [0.15, 0.2) is 121 Å². The third kappa shape index (κ3) is 2.93. The van der Waals surface area contributed by atoms with Crippen molar-refractivity contribution in [3.05, 3.63) is 138 Å². The lowest BCUT2D eigenvalue weighted by molar-refractivity contribution is 0.630. The van der Waals surface area contributed by atoms with E-state index in [4.69, 9.17) is 0 Å². The number of rotatable bonds is 2. The first-order valence-electron chi connectivity index (χ1n) is 13.7. The van der Waals surface area contributed by atoms with Gasteiger partial charge in [0, 0.05) is 22.1 Å². The minimum atomic E-state index is -0.0460. The van der Waals surface area contributed by atoms with Crippen molar-refractivity contribution in [1.29, 1.82) is 0 Å². The van der Waals surface area contributed by atoms with Crippen molar-refractivity contribution in [1.82, 2.24) is 4.57 Å². The Labute approximate surface area is 223 Å². The van der Waals surface area contributed by atoms with Crippen molar-refractivity contribution >= 4 is 32.6 Å². The molecule has 0 saturated heterocycles. The molecule has 0 N–H and O–H groups in total. The van der Waals surface area contributed by atoms with Gasteiger partial charge in [-0.25, -0.2) is 0 Å². The van der Waals surface area contributed by atoms with E-state index in [0.717, 1.165) is 6.42 Å². The molecule has 1 heteroatoms. The molecule has 38 heavy (non-hydrogen) atoms. The maximum absolute atomic E-state index is 2.50. The fraction of sp³-hybridized carbons (Fsp3) is 0.135. The van der Waals surface area contributed by atoms with Crippen LogP contribution >= 0.6 is 0 Å². The van der Waals surface area contributed by atoms with E-state index in [1.165, 1.54) is 66.1 Å². The highest BCUT2D eigenvalue weighted by molar-refractivity contribution is 6.12. The summed E-state index contributed by atoms with van der Waals surface area (Å²) in [5, 5.41) is 5.26. The fourth-order valence-electron chi connectivity index (χ4n) is 6.96. The van der Waals surface area contributed by atoms with Gasteiger partial charge in [-0.2, -0.15) is 0 Å². The number of benzene rings is 5. The first kappa shape index (κ1) is 21.7. The largest absolute Gasteiger partial charge is 0.309 e. The summed E-state index contributed by atoms with van der Waals surface area (Å²) in [5.41, 5.74) is 10.7. The van der Waals surface area contributed by atoms with Crippen LogP contribution in [-0.4, -0.2) is 4.57 Å². The second kappa shape index (κ2) is 7.82. The van der Waals surface area contributed by atoms with E-state index in [9.17, 15) is 0 Å². The summed E-state index contributed by atoms with van der Waals surface area (Å²) in [6.45, 7) is 4.72. The van der Waals surface area contributed by atoms with Crippen molar-refractivity contribution < 1.29 is 0 Å². The molecule has 1 unspecified atom stereocenters. The lowest BCUT2D eigenvalue weighted by Crippen LogP contribution is -2.26. The number of hydrogen-bond acceptors (Lipinski definition) is 0. The summed E-state index contributed by atoms with van der Waals surface area (Å²) >= 11 is 0. The molecule has 0 amide bonds. The van der Waals surface area contributed by atoms with E-state index >= 15 is 0 Å². The minimum Gasteiger partial charge on any atom is -0.309 e. The van der Waals surface area contributed by atoms with Gasteiger partial charge in [-0.1, -0.05) is 105 Å². The molecule has 8 rings (SSSR count). The van der Waals surface area contributed by atoms with Gasteiger partial charge >= 0.3 is 0 Å². The lowest BCUT2D eigenvalue weighted by atomic mass is 9.75. The van der Waals surface area contributed by atoms with Crippen LogP contribution in [0, 0.1) is 0 Å². The zero-order chi connectivity index (χ0) is 25.4. The van der Waals surface area contributed by atoms with E-state index < -0.39 is 0 Å². The van der Waals surface area contributed by atoms with Gasteiger partial charge in [0.15, 0.2) is 0 Å². The number of fused-ring (bicyclic) bond motifs is 6.